The lowest BCUT2D eigenvalue weighted by atomic mass is 10.0. The van der Waals surface area contributed by atoms with Crippen LogP contribution in [-0.2, 0) is 0 Å². The van der Waals surface area contributed by atoms with Gasteiger partial charge in [0.25, 0.3) is 5.56 Å². The zero-order valence-electron chi connectivity index (χ0n) is 16.2. The normalized spacial score (nSPS) is 10.8. The quantitative estimate of drug-likeness (QED) is 0.502. The second-order valence-electron chi connectivity index (χ2n) is 6.68. The van der Waals surface area contributed by atoms with Crippen molar-refractivity contribution in [2.75, 3.05) is 11.9 Å². The summed E-state index contributed by atoms with van der Waals surface area (Å²) >= 11 is 0. The smallest absolute Gasteiger partial charge is 0.256 e. The summed E-state index contributed by atoms with van der Waals surface area (Å²) in [5.41, 5.74) is 0.0567. The van der Waals surface area contributed by atoms with Crippen molar-refractivity contribution in [2.24, 2.45) is 0 Å². The fourth-order valence-electron chi connectivity index (χ4n) is 3.33. The fourth-order valence-corrected chi connectivity index (χ4v) is 3.33. The van der Waals surface area contributed by atoms with Gasteiger partial charge < -0.3 is 5.32 Å². The Bertz CT molecular complexity index is 1410. The highest BCUT2D eigenvalue weighted by atomic mass is 19.1. The highest BCUT2D eigenvalue weighted by molar-refractivity contribution is 5.93. The van der Waals surface area contributed by atoms with Gasteiger partial charge in [0.05, 0.1) is 11.8 Å². The Morgan fingerprint density at radius 1 is 1.06 bits per heavy atom. The van der Waals surface area contributed by atoms with Crippen LogP contribution in [0.3, 0.4) is 0 Å². The Kier molecular flexibility index (Phi) is 5.13. The van der Waals surface area contributed by atoms with E-state index in [1.165, 1.54) is 30.3 Å². The molecule has 0 aliphatic carbocycles. The molecular formula is C22H14F3N5O. The first-order chi connectivity index (χ1) is 14.9. The first kappa shape index (κ1) is 20.1. The van der Waals surface area contributed by atoms with Crippen LogP contribution in [0.2, 0.25) is 0 Å². The van der Waals surface area contributed by atoms with Gasteiger partial charge in [-0.25, -0.2) is 18.2 Å². The van der Waals surface area contributed by atoms with Gasteiger partial charge in [0.15, 0.2) is 5.65 Å². The lowest BCUT2D eigenvalue weighted by molar-refractivity contribution is 0.568. The number of nitrogens with zero attached hydrogens (tertiary/aromatic N) is 4. The maximum absolute atomic E-state index is 14.5. The molecule has 31 heavy (non-hydrogen) atoms. The minimum Gasteiger partial charge on any atom is -0.341 e. The van der Waals surface area contributed by atoms with Crippen molar-refractivity contribution in [1.29, 1.82) is 5.26 Å². The second-order valence-corrected chi connectivity index (χ2v) is 6.68. The van der Waals surface area contributed by atoms with Crippen molar-refractivity contribution < 1.29 is 13.2 Å². The fraction of sp³-hybridized carbons (Fsp3) is 0.0909. The van der Waals surface area contributed by atoms with Crippen LogP contribution in [0.15, 0.2) is 53.3 Å². The number of aryl methyl sites for hydroxylation is 1. The summed E-state index contributed by atoms with van der Waals surface area (Å²) in [7, 11) is 0. The molecule has 0 fully saturated rings. The minimum absolute atomic E-state index is 0.0242. The molecule has 0 radical (unpaired) electrons. The number of nitrogens with one attached hydrogen (secondary N) is 1. The molecule has 0 bridgehead atoms. The molecular weight excluding hydrogens is 407 g/mol. The molecule has 0 saturated carbocycles. The third kappa shape index (κ3) is 3.59. The van der Waals surface area contributed by atoms with Crippen molar-refractivity contribution in [3.63, 3.8) is 0 Å². The molecule has 0 unspecified atom stereocenters. The Balaban J connectivity index is 2.13. The molecule has 0 saturated heterocycles. The molecule has 0 atom stereocenters. The second kappa shape index (κ2) is 7.91. The molecule has 6 nitrogen and oxygen atoms in total. The molecule has 0 spiro atoms. The number of anilines is 1. The number of rotatable bonds is 4. The van der Waals surface area contributed by atoms with Gasteiger partial charge in [-0.2, -0.15) is 10.2 Å². The monoisotopic (exact) mass is 421 g/mol. The number of halogens is 3. The molecule has 9 heteroatoms. The molecule has 0 aliphatic heterocycles. The van der Waals surface area contributed by atoms with Crippen LogP contribution in [0.1, 0.15) is 5.56 Å². The Labute approximate surface area is 174 Å². The van der Waals surface area contributed by atoms with E-state index in [0.717, 1.165) is 22.8 Å². The number of hydrogen-bond donors (Lipinski definition) is 1. The van der Waals surface area contributed by atoms with Gasteiger partial charge in [0.1, 0.15) is 29.7 Å². The minimum atomic E-state index is -0.945. The standard InChI is InChI=1S/C22H14F3N5O/c1-12-11-13(23)5-6-14(12)19-15-7-8-18(31)30(20-16(24)3-2-4-17(20)25)21(15)29-22(28-19)27-10-9-26/h2-8,11H,10H2,1H3,(H,27,28,29). The van der Waals surface area contributed by atoms with Crippen molar-refractivity contribution in [1.82, 2.24) is 14.5 Å². The number of pyridine rings is 1. The molecule has 2 aromatic heterocycles. The SMILES string of the molecule is Cc1cc(F)ccc1-c1nc(NCC#N)nc2c1ccc(=O)n2-c1c(F)cccc1F. The summed E-state index contributed by atoms with van der Waals surface area (Å²) in [6, 6.07) is 11.8. The van der Waals surface area contributed by atoms with Crippen LogP contribution in [-0.4, -0.2) is 21.1 Å². The molecule has 2 aromatic carbocycles. The van der Waals surface area contributed by atoms with E-state index in [-0.39, 0.29) is 18.1 Å². The number of hydrogen-bond acceptors (Lipinski definition) is 5. The van der Waals surface area contributed by atoms with E-state index >= 15 is 0 Å². The maximum Gasteiger partial charge on any atom is 0.256 e. The van der Waals surface area contributed by atoms with Gasteiger partial charge in [-0.05, 0) is 48.9 Å². The molecule has 0 aliphatic rings. The van der Waals surface area contributed by atoms with Crippen molar-refractivity contribution >= 4 is 17.0 Å². The number of benzene rings is 2. The number of aromatic nitrogens is 3. The highest BCUT2D eigenvalue weighted by Gasteiger charge is 2.20. The van der Waals surface area contributed by atoms with Crippen LogP contribution >= 0.6 is 0 Å². The molecule has 4 rings (SSSR count). The molecule has 0 amide bonds. The zero-order chi connectivity index (χ0) is 22.1. The lowest BCUT2D eigenvalue weighted by Gasteiger charge is -2.15. The molecule has 154 valence electrons. The van der Waals surface area contributed by atoms with Gasteiger partial charge in [-0.3, -0.25) is 9.36 Å². The largest absolute Gasteiger partial charge is 0.341 e. The number of fused-ring (bicyclic) bond motifs is 1. The van der Waals surface area contributed by atoms with Crippen LogP contribution in [0.5, 0.6) is 0 Å². The van der Waals surface area contributed by atoms with Crippen LogP contribution in [0.25, 0.3) is 28.0 Å². The van der Waals surface area contributed by atoms with Crippen molar-refractivity contribution in [3.05, 3.63) is 81.9 Å². The van der Waals surface area contributed by atoms with E-state index in [1.807, 2.05) is 6.07 Å². The first-order valence-corrected chi connectivity index (χ1v) is 9.16. The van der Waals surface area contributed by atoms with Crippen LogP contribution in [0.4, 0.5) is 19.1 Å². The summed E-state index contributed by atoms with van der Waals surface area (Å²) < 4.78 is 43.5. The van der Waals surface area contributed by atoms with E-state index in [4.69, 9.17) is 5.26 Å². The first-order valence-electron chi connectivity index (χ1n) is 9.16. The molecule has 1 N–H and O–H groups in total. The van der Waals surface area contributed by atoms with E-state index in [0.29, 0.717) is 22.2 Å². The molecule has 4 aromatic rings. The predicted molar refractivity (Wildman–Crippen MR) is 109 cm³/mol. The Morgan fingerprint density at radius 3 is 2.48 bits per heavy atom. The van der Waals surface area contributed by atoms with E-state index in [1.54, 1.807) is 6.92 Å². The predicted octanol–water partition coefficient (Wildman–Crippen LogP) is 4.11. The van der Waals surface area contributed by atoms with Gasteiger partial charge >= 0.3 is 0 Å². The average Bonchev–Trinajstić information content (AvgIpc) is 2.73. The topological polar surface area (TPSA) is 83.6 Å². The summed E-state index contributed by atoms with van der Waals surface area (Å²) in [6.07, 6.45) is 0. The van der Waals surface area contributed by atoms with Gasteiger partial charge in [0.2, 0.25) is 5.95 Å². The van der Waals surface area contributed by atoms with Gasteiger partial charge in [-0.1, -0.05) is 6.07 Å². The molecule has 2 heterocycles. The van der Waals surface area contributed by atoms with Gasteiger partial charge in [-0.15, -0.1) is 0 Å². The van der Waals surface area contributed by atoms with Crippen LogP contribution < -0.4 is 10.9 Å². The summed E-state index contributed by atoms with van der Waals surface area (Å²) in [4.78, 5) is 21.3. The Morgan fingerprint density at radius 2 is 1.81 bits per heavy atom. The maximum atomic E-state index is 14.5. The van der Waals surface area contributed by atoms with Crippen molar-refractivity contribution in [2.45, 2.75) is 6.92 Å². The summed E-state index contributed by atoms with van der Waals surface area (Å²) in [5.74, 6) is -2.35. The lowest BCUT2D eigenvalue weighted by Crippen LogP contribution is -2.21. The van der Waals surface area contributed by atoms with E-state index in [9.17, 15) is 18.0 Å². The zero-order valence-corrected chi connectivity index (χ0v) is 16.2. The van der Waals surface area contributed by atoms with Crippen molar-refractivity contribution in [3.8, 4) is 23.0 Å². The van der Waals surface area contributed by atoms with Gasteiger partial charge in [0, 0.05) is 17.0 Å². The third-order valence-corrected chi connectivity index (χ3v) is 4.68. The third-order valence-electron chi connectivity index (χ3n) is 4.68. The highest BCUT2D eigenvalue weighted by Crippen LogP contribution is 2.31. The average molecular weight is 421 g/mol. The van der Waals surface area contributed by atoms with E-state index in [2.05, 4.69) is 15.3 Å². The summed E-state index contributed by atoms with van der Waals surface area (Å²) in [5, 5.41) is 11.9. The number of para-hydroxylation sites is 1. The van der Waals surface area contributed by atoms with Crippen LogP contribution in [0, 0.1) is 35.7 Å². The van der Waals surface area contributed by atoms with E-state index < -0.39 is 28.7 Å². The Hall–Kier alpha value is -4.19. The summed E-state index contributed by atoms with van der Waals surface area (Å²) in [6.45, 7) is 1.54. The number of nitriles is 1.